The van der Waals surface area contributed by atoms with Crippen LogP contribution in [0.15, 0.2) is 46.3 Å². The molecular weight excluding hydrogens is 344 g/mol. The van der Waals surface area contributed by atoms with Gasteiger partial charge in [0.1, 0.15) is 11.6 Å². The molecule has 0 saturated carbocycles. The van der Waals surface area contributed by atoms with E-state index in [9.17, 15) is 8.78 Å². The molecule has 3 rings (SSSR count). The van der Waals surface area contributed by atoms with Crippen molar-refractivity contribution < 1.29 is 8.78 Å². The van der Waals surface area contributed by atoms with Gasteiger partial charge in [-0.05, 0) is 44.4 Å². The minimum Gasteiger partial charge on any atom is -0.379 e. The van der Waals surface area contributed by atoms with E-state index in [-0.39, 0.29) is 10.2 Å². The molecule has 2 aromatic carbocycles. The van der Waals surface area contributed by atoms with Crippen molar-refractivity contribution in [3.8, 4) is 0 Å². The molecule has 102 valence electrons. The molecule has 0 atom stereocenters. The van der Waals surface area contributed by atoms with E-state index in [0.717, 1.165) is 17.0 Å². The van der Waals surface area contributed by atoms with Crippen LogP contribution in [-0.2, 0) is 6.54 Å². The number of rotatable bonds is 3. The Labute approximate surface area is 127 Å². The Kier molecular flexibility index (Phi) is 3.72. The predicted octanol–water partition coefficient (Wildman–Crippen LogP) is 5.55. The summed E-state index contributed by atoms with van der Waals surface area (Å²) >= 11 is 4.71. The van der Waals surface area contributed by atoms with Gasteiger partial charge in [0.2, 0.25) is 0 Å². The summed E-state index contributed by atoms with van der Waals surface area (Å²) in [4.78, 5) is 0. The molecule has 0 unspecified atom stereocenters. The predicted molar refractivity (Wildman–Crippen MR) is 83.2 cm³/mol. The molecule has 0 amide bonds. The van der Waals surface area contributed by atoms with E-state index in [1.807, 2.05) is 23.6 Å². The van der Waals surface area contributed by atoms with Crippen LogP contribution < -0.4 is 5.32 Å². The molecule has 0 aliphatic heterocycles. The van der Waals surface area contributed by atoms with E-state index in [4.69, 9.17) is 0 Å². The zero-order valence-corrected chi connectivity index (χ0v) is 12.7. The van der Waals surface area contributed by atoms with Gasteiger partial charge in [-0.25, -0.2) is 8.78 Å². The van der Waals surface area contributed by atoms with Crippen molar-refractivity contribution in [1.29, 1.82) is 0 Å². The van der Waals surface area contributed by atoms with Crippen molar-refractivity contribution in [2.75, 3.05) is 5.32 Å². The summed E-state index contributed by atoms with van der Waals surface area (Å²) in [5.41, 5.74) is 1.39. The van der Waals surface area contributed by atoms with Crippen molar-refractivity contribution in [3.63, 3.8) is 0 Å². The quantitative estimate of drug-likeness (QED) is 0.608. The Balaban J connectivity index is 1.85. The highest BCUT2D eigenvalue weighted by molar-refractivity contribution is 9.10. The fourth-order valence-corrected chi connectivity index (χ4v) is 3.32. The summed E-state index contributed by atoms with van der Waals surface area (Å²) in [6, 6.07) is 10.4. The van der Waals surface area contributed by atoms with Crippen LogP contribution in [0.3, 0.4) is 0 Å². The maximum atomic E-state index is 13.7. The van der Waals surface area contributed by atoms with Crippen LogP contribution in [0.2, 0.25) is 0 Å². The van der Waals surface area contributed by atoms with E-state index < -0.39 is 11.6 Å². The molecule has 0 aliphatic rings. The second-order valence-corrected chi connectivity index (χ2v) is 6.12. The minimum absolute atomic E-state index is 0.247. The minimum atomic E-state index is -0.603. The first kappa shape index (κ1) is 13.5. The number of halogens is 3. The highest BCUT2D eigenvalue weighted by atomic mass is 79.9. The summed E-state index contributed by atoms with van der Waals surface area (Å²) in [6.45, 7) is 0.499. The second-order valence-electron chi connectivity index (χ2n) is 4.36. The lowest BCUT2D eigenvalue weighted by Crippen LogP contribution is -2.01. The van der Waals surface area contributed by atoms with Crippen molar-refractivity contribution in [1.82, 2.24) is 0 Å². The molecule has 0 aliphatic carbocycles. The number of anilines is 1. The standard InChI is InChI=1S/C15H10BrF2NS/c16-11-5-14(13(18)6-12(11)17)19-7-9-8-20-15-4-2-1-3-10(9)15/h1-6,8,19H,7H2. The molecule has 0 bridgehead atoms. The highest BCUT2D eigenvalue weighted by Crippen LogP contribution is 2.28. The van der Waals surface area contributed by atoms with Gasteiger partial charge in [-0.3, -0.25) is 0 Å². The lowest BCUT2D eigenvalue weighted by molar-refractivity contribution is 0.580. The summed E-state index contributed by atoms with van der Waals surface area (Å²) < 4.78 is 28.3. The number of thiophene rings is 1. The van der Waals surface area contributed by atoms with Gasteiger partial charge in [-0.1, -0.05) is 18.2 Å². The summed E-state index contributed by atoms with van der Waals surface area (Å²) in [5.74, 6) is -1.20. The number of fused-ring (bicyclic) bond motifs is 1. The summed E-state index contributed by atoms with van der Waals surface area (Å²) in [7, 11) is 0. The number of nitrogens with one attached hydrogen (secondary N) is 1. The molecule has 1 heterocycles. The highest BCUT2D eigenvalue weighted by Gasteiger charge is 2.09. The molecule has 0 spiro atoms. The van der Waals surface area contributed by atoms with E-state index in [0.29, 0.717) is 6.54 Å². The third kappa shape index (κ3) is 2.55. The van der Waals surface area contributed by atoms with E-state index in [2.05, 4.69) is 27.3 Å². The van der Waals surface area contributed by atoms with Crippen LogP contribution in [0.5, 0.6) is 0 Å². The zero-order chi connectivity index (χ0) is 14.1. The van der Waals surface area contributed by atoms with Crippen LogP contribution in [0, 0.1) is 11.6 Å². The molecule has 5 heteroatoms. The molecule has 1 aromatic heterocycles. The van der Waals surface area contributed by atoms with Crippen LogP contribution in [0.1, 0.15) is 5.56 Å². The van der Waals surface area contributed by atoms with Gasteiger partial charge in [0, 0.05) is 17.3 Å². The largest absolute Gasteiger partial charge is 0.379 e. The normalized spacial score (nSPS) is 10.9. The second kappa shape index (κ2) is 5.50. The Hall–Kier alpha value is -1.46. The average molecular weight is 354 g/mol. The molecule has 0 radical (unpaired) electrons. The van der Waals surface area contributed by atoms with Crippen molar-refractivity contribution in [2.24, 2.45) is 0 Å². The van der Waals surface area contributed by atoms with Crippen LogP contribution in [0.25, 0.3) is 10.1 Å². The third-order valence-corrected chi connectivity index (χ3v) is 4.66. The summed E-state index contributed by atoms with van der Waals surface area (Å²) in [5, 5.41) is 6.22. The lowest BCUT2D eigenvalue weighted by Gasteiger charge is -2.08. The monoisotopic (exact) mass is 353 g/mol. The van der Waals surface area contributed by atoms with Gasteiger partial charge < -0.3 is 5.32 Å². The Morgan fingerprint density at radius 3 is 2.75 bits per heavy atom. The molecule has 1 nitrogen and oxygen atoms in total. The van der Waals surface area contributed by atoms with E-state index in [1.54, 1.807) is 11.3 Å². The smallest absolute Gasteiger partial charge is 0.149 e. The average Bonchev–Trinajstić information content (AvgIpc) is 2.85. The van der Waals surface area contributed by atoms with Crippen molar-refractivity contribution in [3.05, 3.63) is 63.4 Å². The summed E-state index contributed by atoms with van der Waals surface area (Å²) in [6.07, 6.45) is 0. The maximum Gasteiger partial charge on any atom is 0.149 e. The Bertz CT molecular complexity index is 770. The van der Waals surface area contributed by atoms with Crippen molar-refractivity contribution >= 4 is 43.0 Å². The first-order valence-electron chi connectivity index (χ1n) is 5.98. The van der Waals surface area contributed by atoms with Gasteiger partial charge >= 0.3 is 0 Å². The maximum absolute atomic E-state index is 13.7. The Morgan fingerprint density at radius 1 is 1.10 bits per heavy atom. The molecular formula is C15H10BrF2NS. The third-order valence-electron chi connectivity index (χ3n) is 3.04. The molecule has 3 aromatic rings. The van der Waals surface area contributed by atoms with Crippen LogP contribution >= 0.6 is 27.3 Å². The number of hydrogen-bond donors (Lipinski definition) is 1. The van der Waals surface area contributed by atoms with Crippen LogP contribution in [0.4, 0.5) is 14.5 Å². The molecule has 0 saturated heterocycles. The van der Waals surface area contributed by atoms with E-state index >= 15 is 0 Å². The van der Waals surface area contributed by atoms with Crippen molar-refractivity contribution in [2.45, 2.75) is 6.54 Å². The SMILES string of the molecule is Fc1cc(F)c(NCc2csc3ccccc23)cc1Br. The first-order chi connectivity index (χ1) is 9.65. The number of benzene rings is 2. The molecule has 0 fully saturated rings. The zero-order valence-electron chi connectivity index (χ0n) is 10.3. The van der Waals surface area contributed by atoms with Gasteiger partial charge in [0.25, 0.3) is 0 Å². The van der Waals surface area contributed by atoms with Crippen LogP contribution in [-0.4, -0.2) is 0 Å². The van der Waals surface area contributed by atoms with Gasteiger partial charge in [-0.15, -0.1) is 11.3 Å². The molecule has 1 N–H and O–H groups in total. The Morgan fingerprint density at radius 2 is 1.90 bits per heavy atom. The van der Waals surface area contributed by atoms with Gasteiger partial charge in [0.15, 0.2) is 0 Å². The van der Waals surface area contributed by atoms with Gasteiger partial charge in [-0.2, -0.15) is 0 Å². The lowest BCUT2D eigenvalue weighted by atomic mass is 10.2. The molecule has 20 heavy (non-hydrogen) atoms. The first-order valence-corrected chi connectivity index (χ1v) is 7.66. The van der Waals surface area contributed by atoms with Gasteiger partial charge in [0.05, 0.1) is 10.2 Å². The number of hydrogen-bond acceptors (Lipinski definition) is 2. The van der Waals surface area contributed by atoms with E-state index in [1.165, 1.54) is 10.8 Å². The fraction of sp³-hybridized carbons (Fsp3) is 0.0667. The fourth-order valence-electron chi connectivity index (χ4n) is 2.02. The topological polar surface area (TPSA) is 12.0 Å².